The highest BCUT2D eigenvalue weighted by atomic mass is 16.4. The monoisotopic (exact) mass is 605 g/mol. The number of aryl methyl sites for hydroxylation is 2. The third kappa shape index (κ3) is 8.41. The Hall–Kier alpha value is -4.86. The third-order valence-electron chi connectivity index (χ3n) is 7.63. The average Bonchev–Trinajstić information content (AvgIpc) is 3.40. The summed E-state index contributed by atoms with van der Waals surface area (Å²) in [6.45, 7) is 2.97. The number of nitrogens with zero attached hydrogens (tertiary/aromatic N) is 5. The van der Waals surface area contributed by atoms with Gasteiger partial charge in [-0.1, -0.05) is 31.5 Å². The van der Waals surface area contributed by atoms with Crippen molar-refractivity contribution in [1.82, 2.24) is 14.5 Å². The number of pyridine rings is 1. The van der Waals surface area contributed by atoms with Gasteiger partial charge in [0.15, 0.2) is 11.6 Å². The summed E-state index contributed by atoms with van der Waals surface area (Å²) in [4.78, 5) is 36.3. The van der Waals surface area contributed by atoms with Crippen LogP contribution in [-0.4, -0.2) is 68.0 Å². The van der Waals surface area contributed by atoms with Crippen LogP contribution in [0.4, 0.5) is 17.2 Å². The fourth-order valence-corrected chi connectivity index (χ4v) is 5.14. The summed E-state index contributed by atoms with van der Waals surface area (Å²) in [5, 5.41) is 9.68. The second-order valence-corrected chi connectivity index (χ2v) is 11.2. The highest BCUT2D eigenvalue weighted by Crippen LogP contribution is 2.29. The number of anilines is 3. The van der Waals surface area contributed by atoms with Gasteiger partial charge >= 0.3 is 5.97 Å². The van der Waals surface area contributed by atoms with Gasteiger partial charge in [0.05, 0.1) is 16.6 Å². The first-order valence-electron chi connectivity index (χ1n) is 14.9. The molecule has 0 aliphatic carbocycles. The highest BCUT2D eigenvalue weighted by Gasteiger charge is 2.16. The number of rotatable bonds is 11. The van der Waals surface area contributed by atoms with Crippen molar-refractivity contribution in [3.8, 4) is 0 Å². The molecule has 10 heteroatoms. The van der Waals surface area contributed by atoms with Crippen molar-refractivity contribution < 1.29 is 14.7 Å². The number of hydrogen-bond donors (Lipinski definition) is 2. The van der Waals surface area contributed by atoms with Gasteiger partial charge < -0.3 is 25.2 Å². The molecule has 3 radical (unpaired) electrons. The molecule has 0 amide bonds. The Morgan fingerprint density at radius 1 is 0.800 bits per heavy atom. The van der Waals surface area contributed by atoms with Crippen LogP contribution < -0.4 is 15.5 Å². The van der Waals surface area contributed by atoms with Crippen LogP contribution in [0.1, 0.15) is 59.1 Å². The number of aromatic nitrogens is 3. The number of carboxylic acids is 1. The largest absolute Gasteiger partial charge is 0.478 e. The molecule has 0 fully saturated rings. The molecule has 0 atom stereocenters. The first-order valence-corrected chi connectivity index (χ1v) is 14.9. The van der Waals surface area contributed by atoms with Crippen molar-refractivity contribution >= 4 is 59.3 Å². The van der Waals surface area contributed by atoms with Gasteiger partial charge in [0.25, 0.3) is 0 Å². The van der Waals surface area contributed by atoms with Crippen molar-refractivity contribution in [3.63, 3.8) is 0 Å². The van der Waals surface area contributed by atoms with Crippen LogP contribution in [0.2, 0.25) is 0 Å². The lowest BCUT2D eigenvalue weighted by molar-refractivity contribution is 0.0696. The quantitative estimate of drug-likeness (QED) is 0.102. The van der Waals surface area contributed by atoms with Gasteiger partial charge in [-0.15, -0.1) is 0 Å². The maximum absolute atomic E-state index is 12.5. The van der Waals surface area contributed by atoms with E-state index < -0.39 is 5.97 Å². The minimum absolute atomic E-state index is 0. The van der Waals surface area contributed by atoms with E-state index in [9.17, 15) is 9.59 Å². The molecule has 5 aromatic rings. The van der Waals surface area contributed by atoms with E-state index in [1.807, 2.05) is 80.5 Å². The number of hydrogen-bond acceptors (Lipinski definition) is 7. The zero-order valence-corrected chi connectivity index (χ0v) is 26.8. The smallest absolute Gasteiger partial charge is 0.335 e. The molecule has 3 N–H and O–H groups in total. The molecule has 0 saturated heterocycles. The zero-order chi connectivity index (χ0) is 31.8. The number of carbonyl (C=O) groups excluding carboxylic acids is 1. The highest BCUT2D eigenvalue weighted by molar-refractivity contribution is 6.06. The van der Waals surface area contributed by atoms with Crippen molar-refractivity contribution in [2.24, 2.45) is 0 Å². The zero-order valence-electron chi connectivity index (χ0n) is 26.8. The number of carboxylic acid groups (broad SMARTS) is 1. The normalized spacial score (nSPS) is 10.6. The Morgan fingerprint density at radius 3 is 1.93 bits per heavy atom. The molecule has 2 aromatic heterocycles. The molecule has 0 unspecified atom stereocenters. The summed E-state index contributed by atoms with van der Waals surface area (Å²) >= 11 is 0. The molecular formula is C35H42BN6O3. The van der Waals surface area contributed by atoms with E-state index in [2.05, 4.69) is 22.5 Å². The second-order valence-electron chi connectivity index (χ2n) is 11.2. The first-order chi connectivity index (χ1) is 21.1. The van der Waals surface area contributed by atoms with Crippen LogP contribution in [0.15, 0.2) is 72.8 Å². The maximum Gasteiger partial charge on any atom is 0.335 e. The third-order valence-corrected chi connectivity index (χ3v) is 7.63. The number of nitrogens with two attached hydrogens (primary N) is 1. The Labute approximate surface area is 267 Å². The Kier molecular flexibility index (Phi) is 12.1. The molecule has 0 aliphatic rings. The lowest BCUT2D eigenvalue weighted by atomic mass is 10.0. The van der Waals surface area contributed by atoms with Crippen molar-refractivity contribution in [2.75, 3.05) is 43.7 Å². The molecule has 2 heterocycles. The molecule has 0 bridgehead atoms. The summed E-state index contributed by atoms with van der Waals surface area (Å²) in [6.07, 6.45) is 4.27. The van der Waals surface area contributed by atoms with Crippen LogP contribution in [0, 0.1) is 0 Å². The molecule has 0 aliphatic heterocycles. The Bertz CT molecular complexity index is 1730. The number of ketones is 1. The molecule has 9 nitrogen and oxygen atoms in total. The lowest BCUT2D eigenvalue weighted by Crippen LogP contribution is -2.09. The fourth-order valence-electron chi connectivity index (χ4n) is 5.14. The molecule has 45 heavy (non-hydrogen) atoms. The van der Waals surface area contributed by atoms with E-state index in [0.29, 0.717) is 17.8 Å². The standard InChI is InChI=1S/C26H31N5O.C9H11NO2.B/c1-4-23-29-24-25(20-10-7-8-11-21(20)28-26(24)27)31(23)17-9-5-6-12-22(32)18-13-15-19(16-14-18)30(2)3;1-10(2)8-5-3-7(4-6-8)9(11)12;/h7-8,10-11,13-16H,4-6,9,12,17H2,1-3H3,(H2,27,28);3-6H,1-2H3,(H,11,12);. The van der Waals surface area contributed by atoms with Crippen LogP contribution in [0.25, 0.3) is 21.9 Å². The number of nitrogen functional groups attached to an aromatic ring is 1. The van der Waals surface area contributed by atoms with Gasteiger partial charge in [0.1, 0.15) is 11.3 Å². The maximum atomic E-state index is 12.5. The van der Waals surface area contributed by atoms with Crippen molar-refractivity contribution in [1.29, 1.82) is 0 Å². The summed E-state index contributed by atoms with van der Waals surface area (Å²) in [6, 6.07) is 22.7. The van der Waals surface area contributed by atoms with Crippen LogP contribution in [0.3, 0.4) is 0 Å². The number of fused-ring (bicyclic) bond motifs is 3. The van der Waals surface area contributed by atoms with Crippen LogP contribution in [-0.2, 0) is 13.0 Å². The minimum Gasteiger partial charge on any atom is -0.478 e. The number of Topliss-reactive ketones (excluding diaryl/α,β-unsaturated/α-hetero) is 1. The number of carbonyl (C=O) groups is 2. The van der Waals surface area contributed by atoms with Crippen molar-refractivity contribution in [2.45, 2.75) is 45.6 Å². The molecule has 0 saturated carbocycles. The molecule has 0 spiro atoms. The number of para-hydroxylation sites is 1. The molecule has 3 aromatic carbocycles. The van der Waals surface area contributed by atoms with Crippen molar-refractivity contribution in [3.05, 3.63) is 89.7 Å². The summed E-state index contributed by atoms with van der Waals surface area (Å²) < 4.78 is 2.29. The summed E-state index contributed by atoms with van der Waals surface area (Å²) in [7, 11) is 7.82. The SMILES string of the molecule is CCc1nc2c(N)nc3ccccc3c2n1CCCCCC(=O)c1ccc(N(C)C)cc1.CN(C)c1ccc(C(=O)O)cc1.[B]. The molecular weight excluding hydrogens is 563 g/mol. The lowest BCUT2D eigenvalue weighted by Gasteiger charge is -2.12. The van der Waals surface area contributed by atoms with Gasteiger partial charge in [-0.05, 0) is 67.4 Å². The van der Waals surface area contributed by atoms with E-state index in [-0.39, 0.29) is 14.2 Å². The first kappa shape index (κ1) is 34.6. The molecule has 5 rings (SSSR count). The Morgan fingerprint density at radius 2 is 1.38 bits per heavy atom. The van der Waals surface area contributed by atoms with E-state index in [4.69, 9.17) is 15.8 Å². The predicted octanol–water partition coefficient (Wildman–Crippen LogP) is 6.31. The van der Waals surface area contributed by atoms with Crippen LogP contribution >= 0.6 is 0 Å². The minimum atomic E-state index is -0.889. The Balaban J connectivity index is 0.000000359. The number of imidazole rings is 1. The predicted molar refractivity (Wildman–Crippen MR) is 186 cm³/mol. The van der Waals surface area contributed by atoms with Gasteiger partial charge in [-0.2, -0.15) is 0 Å². The number of unbranched alkanes of at least 4 members (excludes halogenated alkanes) is 2. The fraction of sp³-hybridized carbons (Fsp3) is 0.314. The average molecular weight is 606 g/mol. The van der Waals surface area contributed by atoms with E-state index in [0.717, 1.165) is 76.9 Å². The summed E-state index contributed by atoms with van der Waals surface area (Å²) in [5.74, 6) is 0.836. The van der Waals surface area contributed by atoms with Gasteiger partial charge in [0, 0.05) is 78.3 Å². The van der Waals surface area contributed by atoms with Gasteiger partial charge in [-0.25, -0.2) is 14.8 Å². The number of benzene rings is 3. The topological polar surface area (TPSA) is 118 Å². The van der Waals surface area contributed by atoms with Crippen LogP contribution in [0.5, 0.6) is 0 Å². The van der Waals surface area contributed by atoms with E-state index >= 15 is 0 Å². The van der Waals surface area contributed by atoms with E-state index in [1.165, 1.54) is 0 Å². The summed E-state index contributed by atoms with van der Waals surface area (Å²) in [5.41, 5.74) is 12.2. The molecule has 233 valence electrons. The van der Waals surface area contributed by atoms with Gasteiger partial charge in [-0.3, -0.25) is 4.79 Å². The van der Waals surface area contributed by atoms with E-state index in [1.54, 1.807) is 24.3 Å². The number of aromatic carboxylic acids is 1. The second kappa shape index (κ2) is 15.7. The van der Waals surface area contributed by atoms with Gasteiger partial charge in [0.2, 0.25) is 0 Å².